The molecule has 0 aromatic heterocycles. The molecule has 3 unspecified atom stereocenters. The van der Waals surface area contributed by atoms with Crippen LogP contribution in [-0.2, 0) is 9.47 Å². The topological polar surface area (TPSA) is 84.9 Å². The van der Waals surface area contributed by atoms with E-state index in [1.807, 2.05) is 0 Å². The molecule has 1 saturated heterocycles. The van der Waals surface area contributed by atoms with Crippen molar-refractivity contribution in [1.29, 1.82) is 0 Å². The molecule has 0 aromatic rings. The fourth-order valence-electron chi connectivity index (χ4n) is 1.51. The van der Waals surface area contributed by atoms with Gasteiger partial charge in [-0.3, -0.25) is 0 Å². The van der Waals surface area contributed by atoms with E-state index in [9.17, 15) is 10.2 Å². The number of nitrogens with two attached hydrogens (primary N) is 1. The third-order valence-corrected chi connectivity index (χ3v) is 2.51. The lowest BCUT2D eigenvalue weighted by molar-refractivity contribution is -0.272. The van der Waals surface area contributed by atoms with E-state index in [1.54, 1.807) is 6.92 Å². The summed E-state index contributed by atoms with van der Waals surface area (Å²) < 4.78 is 10.1. The van der Waals surface area contributed by atoms with E-state index in [-0.39, 0.29) is 12.5 Å². The highest BCUT2D eigenvalue weighted by molar-refractivity contribution is 4.86. The van der Waals surface area contributed by atoms with E-state index in [1.165, 1.54) is 7.11 Å². The molecule has 1 heterocycles. The van der Waals surface area contributed by atoms with E-state index in [0.717, 1.165) is 0 Å². The van der Waals surface area contributed by atoms with Gasteiger partial charge in [-0.05, 0) is 0 Å². The molecule has 0 saturated carbocycles. The average Bonchev–Trinajstić information content (AvgIpc) is 2.15. The number of aliphatic hydroxyl groups excluding tert-OH is 2. The van der Waals surface area contributed by atoms with Gasteiger partial charge in [0.1, 0.15) is 6.10 Å². The van der Waals surface area contributed by atoms with Crippen molar-refractivity contribution in [2.75, 3.05) is 13.7 Å². The summed E-state index contributed by atoms with van der Waals surface area (Å²) in [5, 5.41) is 19.2. The van der Waals surface area contributed by atoms with Crippen LogP contribution in [0.2, 0.25) is 0 Å². The molecule has 78 valence electrons. The van der Waals surface area contributed by atoms with Crippen LogP contribution in [0.25, 0.3) is 0 Å². The molecule has 0 bridgehead atoms. The molecule has 5 nitrogen and oxygen atoms in total. The zero-order valence-electron chi connectivity index (χ0n) is 7.88. The number of methoxy groups -OCH3 is 1. The van der Waals surface area contributed by atoms with Gasteiger partial charge in [-0.25, -0.2) is 0 Å². The minimum Gasteiger partial charge on any atom is -0.390 e. The summed E-state index contributed by atoms with van der Waals surface area (Å²) in [6, 6.07) is 0. The Bertz CT molecular complexity index is 146. The van der Waals surface area contributed by atoms with Crippen LogP contribution in [0.5, 0.6) is 0 Å². The zero-order chi connectivity index (χ0) is 10.0. The first-order valence-corrected chi connectivity index (χ1v) is 4.36. The van der Waals surface area contributed by atoms with Crippen LogP contribution in [0, 0.1) is 5.92 Å². The molecule has 0 spiro atoms. The molecular weight excluding hydrogens is 174 g/mol. The SMILES string of the molecule is CO[C@H]1OC(CN)C(O)[C@@H](C)C1O. The first kappa shape index (κ1) is 10.9. The van der Waals surface area contributed by atoms with E-state index < -0.39 is 24.6 Å². The third-order valence-electron chi connectivity index (χ3n) is 2.51. The maximum atomic E-state index is 9.60. The van der Waals surface area contributed by atoms with E-state index >= 15 is 0 Å². The van der Waals surface area contributed by atoms with Crippen molar-refractivity contribution < 1.29 is 19.7 Å². The van der Waals surface area contributed by atoms with Gasteiger partial charge in [-0.15, -0.1) is 0 Å². The van der Waals surface area contributed by atoms with Crippen molar-refractivity contribution in [3.63, 3.8) is 0 Å². The second-order valence-electron chi connectivity index (χ2n) is 3.35. The molecule has 0 amide bonds. The van der Waals surface area contributed by atoms with Gasteiger partial charge in [-0.1, -0.05) is 6.92 Å². The van der Waals surface area contributed by atoms with Gasteiger partial charge >= 0.3 is 0 Å². The summed E-state index contributed by atoms with van der Waals surface area (Å²) >= 11 is 0. The molecule has 4 N–H and O–H groups in total. The fraction of sp³-hybridized carbons (Fsp3) is 1.00. The summed E-state index contributed by atoms with van der Waals surface area (Å²) in [4.78, 5) is 0. The van der Waals surface area contributed by atoms with Crippen LogP contribution in [0.1, 0.15) is 6.92 Å². The summed E-state index contributed by atoms with van der Waals surface area (Å²) in [5.41, 5.74) is 5.40. The van der Waals surface area contributed by atoms with E-state index in [4.69, 9.17) is 15.2 Å². The molecule has 1 aliphatic rings. The lowest BCUT2D eigenvalue weighted by Crippen LogP contribution is -2.55. The summed E-state index contributed by atoms with van der Waals surface area (Å²) in [7, 11) is 1.45. The Morgan fingerprint density at radius 2 is 2.00 bits per heavy atom. The lowest BCUT2D eigenvalue weighted by atomic mass is 9.91. The minimum atomic E-state index is -0.803. The van der Waals surface area contributed by atoms with Gasteiger partial charge in [0.15, 0.2) is 6.29 Å². The quantitative estimate of drug-likeness (QED) is 0.504. The molecule has 1 aliphatic heterocycles. The van der Waals surface area contributed by atoms with Crippen molar-refractivity contribution >= 4 is 0 Å². The highest BCUT2D eigenvalue weighted by Crippen LogP contribution is 2.25. The fourth-order valence-corrected chi connectivity index (χ4v) is 1.51. The summed E-state index contributed by atoms with van der Waals surface area (Å²) in [6.07, 6.45) is -2.68. The Morgan fingerprint density at radius 1 is 1.38 bits per heavy atom. The molecule has 0 aromatic carbocycles. The first-order valence-electron chi connectivity index (χ1n) is 4.36. The molecule has 5 atom stereocenters. The molecule has 1 fully saturated rings. The maximum Gasteiger partial charge on any atom is 0.183 e. The van der Waals surface area contributed by atoms with Gasteiger partial charge in [0.25, 0.3) is 0 Å². The van der Waals surface area contributed by atoms with Crippen LogP contribution < -0.4 is 5.73 Å². The summed E-state index contributed by atoms with van der Waals surface area (Å²) in [5.74, 6) is -0.285. The first-order chi connectivity index (χ1) is 6.11. The molecule has 5 heteroatoms. The summed E-state index contributed by atoms with van der Waals surface area (Å²) in [6.45, 7) is 1.96. The van der Waals surface area contributed by atoms with Crippen molar-refractivity contribution in [3.05, 3.63) is 0 Å². The van der Waals surface area contributed by atoms with Crippen LogP contribution in [0.4, 0.5) is 0 Å². The molecule has 13 heavy (non-hydrogen) atoms. The van der Waals surface area contributed by atoms with Crippen LogP contribution >= 0.6 is 0 Å². The second-order valence-corrected chi connectivity index (χ2v) is 3.35. The van der Waals surface area contributed by atoms with Gasteiger partial charge in [0, 0.05) is 19.6 Å². The highest BCUT2D eigenvalue weighted by Gasteiger charge is 2.41. The van der Waals surface area contributed by atoms with Gasteiger partial charge in [-0.2, -0.15) is 0 Å². The standard InChI is InChI=1S/C8H17NO4/c1-4-6(10)5(3-9)13-8(12-2)7(4)11/h4-8,10-11H,3,9H2,1-2H3/t4-,5?,6?,7?,8+/m1/s1. The smallest absolute Gasteiger partial charge is 0.183 e. The van der Waals surface area contributed by atoms with E-state index in [0.29, 0.717) is 0 Å². The van der Waals surface area contributed by atoms with Crippen LogP contribution in [0.15, 0.2) is 0 Å². The molecule has 0 aliphatic carbocycles. The number of hydrogen-bond acceptors (Lipinski definition) is 5. The van der Waals surface area contributed by atoms with Crippen LogP contribution in [-0.4, -0.2) is 48.5 Å². The van der Waals surface area contributed by atoms with Crippen LogP contribution in [0.3, 0.4) is 0 Å². The zero-order valence-corrected chi connectivity index (χ0v) is 7.88. The number of rotatable bonds is 2. The molecule has 0 radical (unpaired) electrons. The third kappa shape index (κ3) is 2.00. The highest BCUT2D eigenvalue weighted by atomic mass is 16.7. The normalized spacial score (nSPS) is 46.4. The minimum absolute atomic E-state index is 0.220. The molecular formula is C8H17NO4. The number of ether oxygens (including phenoxy) is 2. The van der Waals surface area contributed by atoms with Crippen molar-refractivity contribution in [1.82, 2.24) is 0 Å². The van der Waals surface area contributed by atoms with Gasteiger partial charge < -0.3 is 25.4 Å². The Balaban J connectivity index is 2.66. The van der Waals surface area contributed by atoms with Gasteiger partial charge in [0.05, 0.1) is 12.2 Å². The number of aliphatic hydroxyl groups is 2. The Labute approximate surface area is 77.4 Å². The Morgan fingerprint density at radius 3 is 2.46 bits per heavy atom. The monoisotopic (exact) mass is 191 g/mol. The largest absolute Gasteiger partial charge is 0.390 e. The van der Waals surface area contributed by atoms with Crippen molar-refractivity contribution in [2.45, 2.75) is 31.5 Å². The van der Waals surface area contributed by atoms with Gasteiger partial charge in [0.2, 0.25) is 0 Å². The Hall–Kier alpha value is -0.200. The molecule has 1 rings (SSSR count). The average molecular weight is 191 g/mol. The predicted octanol–water partition coefficient (Wildman–Crippen LogP) is -1.33. The number of hydrogen-bond donors (Lipinski definition) is 3. The van der Waals surface area contributed by atoms with E-state index in [2.05, 4.69) is 0 Å². The van der Waals surface area contributed by atoms with Crippen molar-refractivity contribution in [3.8, 4) is 0 Å². The maximum absolute atomic E-state index is 9.60. The Kier molecular flexibility index (Phi) is 3.63. The predicted molar refractivity (Wildman–Crippen MR) is 45.9 cm³/mol. The van der Waals surface area contributed by atoms with Crippen molar-refractivity contribution in [2.24, 2.45) is 11.7 Å². The lowest BCUT2D eigenvalue weighted by Gasteiger charge is -2.40. The second kappa shape index (κ2) is 4.34.